The van der Waals surface area contributed by atoms with Crippen LogP contribution in [0.3, 0.4) is 0 Å². The van der Waals surface area contributed by atoms with Crippen LogP contribution in [0.5, 0.6) is 5.88 Å². The first kappa shape index (κ1) is 23.9. The lowest BCUT2D eigenvalue weighted by molar-refractivity contribution is 0.178. The normalized spacial score (nSPS) is 11.6. The molecule has 6 nitrogen and oxygen atoms in total. The average Bonchev–Trinajstić information content (AvgIpc) is 2.55. The summed E-state index contributed by atoms with van der Waals surface area (Å²) in [6, 6.07) is 4.94. The fraction of sp³-hybridized carbons (Fsp3) is 0.667. The molecule has 7 heteroatoms. The second kappa shape index (κ2) is 13.2. The van der Waals surface area contributed by atoms with Crippen LogP contribution >= 0.6 is 24.0 Å². The van der Waals surface area contributed by atoms with Gasteiger partial charge >= 0.3 is 0 Å². The number of methoxy groups -OCH3 is 1. The Morgan fingerprint density at radius 3 is 2.48 bits per heavy atom. The number of rotatable bonds is 9. The van der Waals surface area contributed by atoms with Crippen molar-refractivity contribution in [2.45, 2.75) is 53.2 Å². The van der Waals surface area contributed by atoms with Crippen molar-refractivity contribution in [2.24, 2.45) is 4.99 Å². The van der Waals surface area contributed by atoms with Crippen molar-refractivity contribution in [1.82, 2.24) is 20.5 Å². The molecule has 0 atom stereocenters. The minimum absolute atomic E-state index is 0. The standard InChI is InChI=1S/C18H33N5O.HI/c1-7-19-18(21-10-11-23(14(2)3)15(4)5)22-13-16-8-9-20-17(12-16)24-6;/h8-9,12,14-15H,7,10-11,13H2,1-6H3,(H2,19,21,22);1H. The number of halogens is 1. The number of hydrogen-bond donors (Lipinski definition) is 2. The van der Waals surface area contributed by atoms with Gasteiger partial charge in [-0.05, 0) is 46.2 Å². The number of ether oxygens (including phenoxy) is 1. The Kier molecular flexibility index (Phi) is 12.6. The molecule has 1 rings (SSSR count). The number of guanidine groups is 1. The predicted molar refractivity (Wildman–Crippen MR) is 116 cm³/mol. The van der Waals surface area contributed by atoms with Crippen LogP contribution in [0.1, 0.15) is 40.2 Å². The molecule has 0 saturated heterocycles. The number of aliphatic imine (C=N–C) groups is 1. The van der Waals surface area contributed by atoms with Gasteiger partial charge in [0.05, 0.1) is 13.7 Å². The predicted octanol–water partition coefficient (Wildman–Crippen LogP) is 2.88. The zero-order valence-electron chi connectivity index (χ0n) is 16.4. The first-order chi connectivity index (χ1) is 11.5. The van der Waals surface area contributed by atoms with Crippen LogP contribution in [0.4, 0.5) is 0 Å². The van der Waals surface area contributed by atoms with E-state index in [4.69, 9.17) is 4.74 Å². The van der Waals surface area contributed by atoms with Gasteiger partial charge in [0.25, 0.3) is 0 Å². The third-order valence-corrected chi connectivity index (χ3v) is 3.76. The van der Waals surface area contributed by atoms with Gasteiger partial charge in [0.2, 0.25) is 5.88 Å². The highest BCUT2D eigenvalue weighted by atomic mass is 127. The lowest BCUT2D eigenvalue weighted by Crippen LogP contribution is -2.45. The van der Waals surface area contributed by atoms with E-state index in [9.17, 15) is 0 Å². The van der Waals surface area contributed by atoms with Gasteiger partial charge in [-0.25, -0.2) is 9.98 Å². The third-order valence-electron chi connectivity index (χ3n) is 3.76. The minimum Gasteiger partial charge on any atom is -0.481 e. The quantitative estimate of drug-likeness (QED) is 0.335. The molecule has 0 radical (unpaired) electrons. The molecule has 0 saturated carbocycles. The maximum Gasteiger partial charge on any atom is 0.213 e. The molecule has 0 aliphatic rings. The average molecular weight is 463 g/mol. The molecule has 0 unspecified atom stereocenters. The van der Waals surface area contributed by atoms with Gasteiger partial charge < -0.3 is 15.4 Å². The second-order valence-corrected chi connectivity index (χ2v) is 6.25. The van der Waals surface area contributed by atoms with Crippen LogP contribution in [0.2, 0.25) is 0 Å². The summed E-state index contributed by atoms with van der Waals surface area (Å²) in [6.07, 6.45) is 1.74. The van der Waals surface area contributed by atoms with E-state index >= 15 is 0 Å². The molecule has 0 fully saturated rings. The number of aromatic nitrogens is 1. The van der Waals surface area contributed by atoms with E-state index in [1.807, 2.05) is 12.1 Å². The van der Waals surface area contributed by atoms with Gasteiger partial charge in [-0.15, -0.1) is 24.0 Å². The van der Waals surface area contributed by atoms with Gasteiger partial charge in [-0.2, -0.15) is 0 Å². The largest absolute Gasteiger partial charge is 0.481 e. The molecule has 1 aromatic heterocycles. The summed E-state index contributed by atoms with van der Waals surface area (Å²) in [5, 5.41) is 6.70. The molecule has 0 spiro atoms. The first-order valence-corrected chi connectivity index (χ1v) is 8.74. The van der Waals surface area contributed by atoms with E-state index in [0.717, 1.165) is 31.2 Å². The van der Waals surface area contributed by atoms with Crippen molar-refractivity contribution in [2.75, 3.05) is 26.7 Å². The van der Waals surface area contributed by atoms with E-state index in [2.05, 4.69) is 60.1 Å². The van der Waals surface area contributed by atoms with Crippen LogP contribution in [0, 0.1) is 0 Å². The molecular weight excluding hydrogens is 429 g/mol. The van der Waals surface area contributed by atoms with Gasteiger partial charge in [-0.3, -0.25) is 4.90 Å². The summed E-state index contributed by atoms with van der Waals surface area (Å²) < 4.78 is 5.15. The Morgan fingerprint density at radius 2 is 1.92 bits per heavy atom. The fourth-order valence-electron chi connectivity index (χ4n) is 2.59. The Bertz CT molecular complexity index is 500. The highest BCUT2D eigenvalue weighted by Gasteiger charge is 2.12. The molecule has 144 valence electrons. The summed E-state index contributed by atoms with van der Waals surface area (Å²) in [5.41, 5.74) is 1.07. The van der Waals surface area contributed by atoms with Gasteiger partial charge in [0, 0.05) is 44.0 Å². The van der Waals surface area contributed by atoms with Gasteiger partial charge in [0.15, 0.2) is 5.96 Å². The van der Waals surface area contributed by atoms with Crippen molar-refractivity contribution in [3.63, 3.8) is 0 Å². The summed E-state index contributed by atoms with van der Waals surface area (Å²) in [5.74, 6) is 1.45. The lowest BCUT2D eigenvalue weighted by Gasteiger charge is -2.30. The first-order valence-electron chi connectivity index (χ1n) is 8.74. The Balaban J connectivity index is 0.00000576. The molecule has 0 aliphatic heterocycles. The Hall–Kier alpha value is -1.09. The smallest absolute Gasteiger partial charge is 0.213 e. The summed E-state index contributed by atoms with van der Waals surface area (Å²) >= 11 is 0. The van der Waals surface area contributed by atoms with Gasteiger partial charge in [-0.1, -0.05) is 0 Å². The van der Waals surface area contributed by atoms with Crippen LogP contribution in [-0.4, -0.2) is 54.7 Å². The topological polar surface area (TPSA) is 61.8 Å². The molecule has 25 heavy (non-hydrogen) atoms. The highest BCUT2D eigenvalue weighted by Crippen LogP contribution is 2.09. The molecule has 1 aromatic rings. The fourth-order valence-corrected chi connectivity index (χ4v) is 2.59. The molecule has 0 aliphatic carbocycles. The highest BCUT2D eigenvalue weighted by molar-refractivity contribution is 14.0. The Morgan fingerprint density at radius 1 is 1.24 bits per heavy atom. The van der Waals surface area contributed by atoms with E-state index in [1.54, 1.807) is 13.3 Å². The maximum atomic E-state index is 5.15. The van der Waals surface area contributed by atoms with Crippen molar-refractivity contribution >= 4 is 29.9 Å². The third kappa shape index (κ3) is 9.25. The zero-order chi connectivity index (χ0) is 17.9. The maximum absolute atomic E-state index is 5.15. The monoisotopic (exact) mass is 463 g/mol. The van der Waals surface area contributed by atoms with Crippen LogP contribution < -0.4 is 15.4 Å². The lowest BCUT2D eigenvalue weighted by atomic mass is 10.2. The summed E-state index contributed by atoms with van der Waals surface area (Å²) in [7, 11) is 1.62. The number of pyridine rings is 1. The van der Waals surface area contributed by atoms with E-state index in [0.29, 0.717) is 24.5 Å². The van der Waals surface area contributed by atoms with Crippen LogP contribution in [-0.2, 0) is 6.54 Å². The molecule has 0 bridgehead atoms. The molecule has 2 N–H and O–H groups in total. The second-order valence-electron chi connectivity index (χ2n) is 6.25. The zero-order valence-corrected chi connectivity index (χ0v) is 18.7. The van der Waals surface area contributed by atoms with Crippen molar-refractivity contribution in [3.05, 3.63) is 23.9 Å². The van der Waals surface area contributed by atoms with E-state index in [1.165, 1.54) is 0 Å². The van der Waals surface area contributed by atoms with E-state index in [-0.39, 0.29) is 24.0 Å². The van der Waals surface area contributed by atoms with Crippen LogP contribution in [0.15, 0.2) is 23.3 Å². The van der Waals surface area contributed by atoms with Crippen molar-refractivity contribution < 1.29 is 4.74 Å². The number of nitrogens with one attached hydrogen (secondary N) is 2. The minimum atomic E-state index is 0. The van der Waals surface area contributed by atoms with Crippen molar-refractivity contribution in [3.8, 4) is 5.88 Å². The Labute approximate surface area is 169 Å². The molecule has 1 heterocycles. The van der Waals surface area contributed by atoms with Gasteiger partial charge in [0.1, 0.15) is 0 Å². The molecular formula is C18H34IN5O. The molecule has 0 amide bonds. The summed E-state index contributed by atoms with van der Waals surface area (Å²) in [4.78, 5) is 11.2. The molecule has 0 aromatic carbocycles. The SMILES string of the molecule is CCNC(=NCc1ccnc(OC)c1)NCCN(C(C)C)C(C)C.I. The van der Waals surface area contributed by atoms with E-state index < -0.39 is 0 Å². The van der Waals surface area contributed by atoms with Crippen molar-refractivity contribution in [1.29, 1.82) is 0 Å². The summed E-state index contributed by atoms with van der Waals surface area (Å²) in [6.45, 7) is 14.3. The number of nitrogens with zero attached hydrogens (tertiary/aromatic N) is 3. The number of hydrogen-bond acceptors (Lipinski definition) is 4. The van der Waals surface area contributed by atoms with Crippen LogP contribution in [0.25, 0.3) is 0 Å².